The van der Waals surface area contributed by atoms with E-state index in [0.717, 1.165) is 42.9 Å². The van der Waals surface area contributed by atoms with E-state index in [2.05, 4.69) is 22.0 Å². The van der Waals surface area contributed by atoms with Crippen molar-refractivity contribution in [3.8, 4) is 11.4 Å². The SMILES string of the molecule is CCCn1nccc1-c1cnc(C2CCCN(S(=O)(=O)N(C)C)C2)cn1. The van der Waals surface area contributed by atoms with E-state index in [1.54, 1.807) is 32.7 Å². The van der Waals surface area contributed by atoms with Crippen molar-refractivity contribution in [3.05, 3.63) is 30.4 Å². The van der Waals surface area contributed by atoms with Crippen molar-refractivity contribution in [1.82, 2.24) is 28.4 Å². The summed E-state index contributed by atoms with van der Waals surface area (Å²) in [4.78, 5) is 9.14. The lowest BCUT2D eigenvalue weighted by atomic mass is 9.96. The minimum Gasteiger partial charge on any atom is -0.263 e. The van der Waals surface area contributed by atoms with Crippen molar-refractivity contribution in [3.63, 3.8) is 0 Å². The summed E-state index contributed by atoms with van der Waals surface area (Å²) in [7, 11) is -0.265. The van der Waals surface area contributed by atoms with Crippen LogP contribution in [0.5, 0.6) is 0 Å². The van der Waals surface area contributed by atoms with E-state index in [1.165, 1.54) is 8.61 Å². The Morgan fingerprint density at radius 2 is 2.08 bits per heavy atom. The second kappa shape index (κ2) is 7.81. The average molecular weight is 379 g/mol. The highest BCUT2D eigenvalue weighted by Gasteiger charge is 2.31. The van der Waals surface area contributed by atoms with E-state index >= 15 is 0 Å². The van der Waals surface area contributed by atoms with Gasteiger partial charge < -0.3 is 0 Å². The van der Waals surface area contributed by atoms with Gasteiger partial charge in [-0.25, -0.2) is 0 Å². The van der Waals surface area contributed by atoms with Gasteiger partial charge in [-0.15, -0.1) is 0 Å². The summed E-state index contributed by atoms with van der Waals surface area (Å²) >= 11 is 0. The largest absolute Gasteiger partial charge is 0.281 e. The molecule has 0 radical (unpaired) electrons. The summed E-state index contributed by atoms with van der Waals surface area (Å²) in [6, 6.07) is 1.94. The smallest absolute Gasteiger partial charge is 0.263 e. The fraction of sp³-hybridized carbons (Fsp3) is 0.588. The lowest BCUT2D eigenvalue weighted by Gasteiger charge is -2.33. The van der Waals surface area contributed by atoms with Crippen LogP contribution in [0.25, 0.3) is 11.4 Å². The molecular formula is C17H26N6O2S. The molecule has 0 saturated carbocycles. The zero-order valence-corrected chi connectivity index (χ0v) is 16.4. The van der Waals surface area contributed by atoms with Crippen molar-refractivity contribution in [2.75, 3.05) is 27.2 Å². The number of nitrogens with zero attached hydrogens (tertiary/aromatic N) is 6. The van der Waals surface area contributed by atoms with Gasteiger partial charge in [0, 0.05) is 52.0 Å². The number of aromatic nitrogens is 4. The maximum absolute atomic E-state index is 12.4. The monoisotopic (exact) mass is 378 g/mol. The van der Waals surface area contributed by atoms with Crippen molar-refractivity contribution in [2.45, 2.75) is 38.6 Å². The molecule has 1 aliphatic rings. The summed E-state index contributed by atoms with van der Waals surface area (Å²) in [6.45, 7) is 3.95. The van der Waals surface area contributed by atoms with Crippen LogP contribution in [-0.4, -0.2) is 64.0 Å². The molecule has 9 heteroatoms. The third kappa shape index (κ3) is 3.79. The van der Waals surface area contributed by atoms with Crippen LogP contribution in [0.2, 0.25) is 0 Å². The Bertz CT molecular complexity index is 831. The van der Waals surface area contributed by atoms with E-state index in [9.17, 15) is 8.42 Å². The molecule has 3 rings (SSSR count). The minimum absolute atomic E-state index is 0.0700. The summed E-state index contributed by atoms with van der Waals surface area (Å²) in [5, 5.41) is 4.32. The molecule has 3 heterocycles. The standard InChI is InChI=1S/C17H26N6O2S/c1-4-9-23-17(7-8-20-23)16-12-18-15(11-19-16)14-6-5-10-22(13-14)26(24,25)21(2)3/h7-8,11-12,14H,4-6,9-10,13H2,1-3H3. The minimum atomic E-state index is -3.39. The molecule has 26 heavy (non-hydrogen) atoms. The van der Waals surface area contributed by atoms with Crippen molar-refractivity contribution >= 4 is 10.2 Å². The van der Waals surface area contributed by atoms with Crippen LogP contribution in [-0.2, 0) is 16.8 Å². The molecular weight excluding hydrogens is 352 g/mol. The third-order valence-corrected chi connectivity index (χ3v) is 6.58. The first-order valence-corrected chi connectivity index (χ1v) is 10.3. The van der Waals surface area contributed by atoms with E-state index < -0.39 is 10.2 Å². The second-order valence-electron chi connectivity index (χ2n) is 6.75. The molecule has 1 fully saturated rings. The summed E-state index contributed by atoms with van der Waals surface area (Å²) in [5.74, 6) is 0.0700. The second-order valence-corrected chi connectivity index (χ2v) is 8.90. The zero-order chi connectivity index (χ0) is 18.7. The van der Waals surface area contributed by atoms with Crippen LogP contribution in [0, 0.1) is 0 Å². The van der Waals surface area contributed by atoms with Gasteiger partial charge in [0.1, 0.15) is 5.69 Å². The number of aryl methyl sites for hydroxylation is 1. The molecule has 1 aliphatic heterocycles. The van der Waals surface area contributed by atoms with Gasteiger partial charge in [-0.3, -0.25) is 14.6 Å². The van der Waals surface area contributed by atoms with Crippen molar-refractivity contribution in [1.29, 1.82) is 0 Å². The predicted octanol–water partition coefficient (Wildman–Crippen LogP) is 1.74. The fourth-order valence-corrected chi connectivity index (χ4v) is 4.44. The third-order valence-electron chi connectivity index (χ3n) is 4.68. The van der Waals surface area contributed by atoms with Crippen LogP contribution >= 0.6 is 0 Å². The van der Waals surface area contributed by atoms with Crippen LogP contribution in [0.3, 0.4) is 0 Å². The number of piperidine rings is 1. The Hall–Kier alpha value is -1.84. The molecule has 1 saturated heterocycles. The van der Waals surface area contributed by atoms with E-state index in [-0.39, 0.29) is 5.92 Å². The summed E-state index contributed by atoms with van der Waals surface area (Å²) in [6.07, 6.45) is 8.04. The van der Waals surface area contributed by atoms with Gasteiger partial charge >= 0.3 is 0 Å². The molecule has 0 aliphatic carbocycles. The molecule has 0 amide bonds. The Kier molecular flexibility index (Phi) is 5.69. The lowest BCUT2D eigenvalue weighted by molar-refractivity contribution is 0.296. The molecule has 0 spiro atoms. The Balaban J connectivity index is 1.77. The van der Waals surface area contributed by atoms with Gasteiger partial charge in [0.25, 0.3) is 10.2 Å². The van der Waals surface area contributed by atoms with E-state index in [0.29, 0.717) is 13.1 Å². The lowest BCUT2D eigenvalue weighted by Crippen LogP contribution is -2.45. The predicted molar refractivity (Wildman–Crippen MR) is 99.7 cm³/mol. The first kappa shape index (κ1) is 18.9. The van der Waals surface area contributed by atoms with E-state index in [4.69, 9.17) is 0 Å². The van der Waals surface area contributed by atoms with Crippen LogP contribution in [0.15, 0.2) is 24.7 Å². The molecule has 2 aromatic rings. The Morgan fingerprint density at radius 1 is 1.27 bits per heavy atom. The molecule has 1 atom stereocenters. The molecule has 142 valence electrons. The van der Waals surface area contributed by atoms with Gasteiger partial charge in [0.15, 0.2) is 0 Å². The van der Waals surface area contributed by atoms with Gasteiger partial charge in [-0.05, 0) is 25.3 Å². The van der Waals surface area contributed by atoms with Crippen LogP contribution in [0.1, 0.15) is 37.8 Å². The first-order chi connectivity index (χ1) is 12.4. The highest BCUT2D eigenvalue weighted by molar-refractivity contribution is 7.86. The van der Waals surface area contributed by atoms with Crippen LogP contribution < -0.4 is 0 Å². The molecule has 2 aromatic heterocycles. The number of rotatable bonds is 6. The van der Waals surface area contributed by atoms with Gasteiger partial charge in [0.2, 0.25) is 0 Å². The maximum atomic E-state index is 12.4. The normalized spacial score (nSPS) is 19.2. The molecule has 1 unspecified atom stereocenters. The number of hydrogen-bond donors (Lipinski definition) is 0. The number of hydrogen-bond acceptors (Lipinski definition) is 5. The average Bonchev–Trinajstić information content (AvgIpc) is 3.10. The van der Waals surface area contributed by atoms with Crippen molar-refractivity contribution < 1.29 is 8.42 Å². The molecule has 8 nitrogen and oxygen atoms in total. The first-order valence-electron chi connectivity index (χ1n) is 8.95. The van der Waals surface area contributed by atoms with Gasteiger partial charge in [-0.1, -0.05) is 6.92 Å². The zero-order valence-electron chi connectivity index (χ0n) is 15.5. The molecule has 0 aromatic carbocycles. The molecule has 0 bridgehead atoms. The van der Waals surface area contributed by atoms with Crippen LogP contribution in [0.4, 0.5) is 0 Å². The summed E-state index contributed by atoms with van der Waals surface area (Å²) in [5.41, 5.74) is 2.58. The van der Waals surface area contributed by atoms with Crippen molar-refractivity contribution in [2.24, 2.45) is 0 Å². The maximum Gasteiger partial charge on any atom is 0.281 e. The molecule has 0 N–H and O–H groups in total. The fourth-order valence-electron chi connectivity index (χ4n) is 3.25. The van der Waals surface area contributed by atoms with E-state index in [1.807, 2.05) is 10.7 Å². The topological polar surface area (TPSA) is 84.2 Å². The Morgan fingerprint density at radius 3 is 2.73 bits per heavy atom. The van der Waals surface area contributed by atoms with Gasteiger partial charge in [0.05, 0.1) is 17.6 Å². The Labute approximate surface area is 155 Å². The highest BCUT2D eigenvalue weighted by Crippen LogP contribution is 2.28. The summed E-state index contributed by atoms with van der Waals surface area (Å²) < 4.78 is 29.5. The quantitative estimate of drug-likeness (QED) is 0.764. The highest BCUT2D eigenvalue weighted by atomic mass is 32.2. The van der Waals surface area contributed by atoms with Gasteiger partial charge in [-0.2, -0.15) is 22.1 Å².